The molecule has 6 aromatic rings. The number of anilines is 1. The Hall–Kier alpha value is -5.30. The highest BCUT2D eigenvalue weighted by Crippen LogP contribution is 2.26. The fourth-order valence-corrected chi connectivity index (χ4v) is 5.05. The molecule has 0 spiro atoms. The van der Waals surface area contributed by atoms with Crippen LogP contribution in [0.15, 0.2) is 84.9 Å². The molecule has 0 saturated carbocycles. The van der Waals surface area contributed by atoms with Crippen LogP contribution in [0.25, 0.3) is 44.8 Å². The minimum absolute atomic E-state index is 0.00329. The monoisotopic (exact) mass is 556 g/mol. The molecule has 0 unspecified atom stereocenters. The lowest BCUT2D eigenvalue weighted by atomic mass is 10.0. The van der Waals surface area contributed by atoms with E-state index in [4.69, 9.17) is 10.2 Å². The van der Waals surface area contributed by atoms with Crippen LogP contribution in [-0.2, 0) is 6.42 Å². The van der Waals surface area contributed by atoms with E-state index in [1.807, 2.05) is 71.6 Å². The molecule has 0 aliphatic rings. The molecule has 0 bridgehead atoms. The third-order valence-corrected chi connectivity index (χ3v) is 7.25. The van der Waals surface area contributed by atoms with Gasteiger partial charge in [-0.1, -0.05) is 6.07 Å². The number of nitrogens with one attached hydrogen (secondary N) is 2. The standard InChI is InChI=1S/C33H28N6O3/c34-20-21-1-4-23(5-2-21)32-35-27-11-3-22(17-29(27)37-32)18-31(42)25-8-12-28-30(19-25)38-33(36-28)24-6-9-26(10-7-24)39(13-15-40)14-16-41/h1-12,17,19,40-41H,13-16,18H2,(H,35,37)(H,36,38). The van der Waals surface area contributed by atoms with Gasteiger partial charge in [-0.05, 0) is 84.4 Å². The highest BCUT2D eigenvalue weighted by atomic mass is 16.3. The summed E-state index contributed by atoms with van der Waals surface area (Å²) in [6, 6.07) is 28.4. The van der Waals surface area contributed by atoms with E-state index in [1.54, 1.807) is 18.2 Å². The van der Waals surface area contributed by atoms with Crippen molar-refractivity contribution < 1.29 is 15.0 Å². The third kappa shape index (κ3) is 5.49. The Labute approximate surface area is 241 Å². The van der Waals surface area contributed by atoms with Gasteiger partial charge in [0.05, 0.1) is 46.9 Å². The minimum Gasteiger partial charge on any atom is -0.395 e. The second-order valence-corrected chi connectivity index (χ2v) is 10.0. The first-order valence-corrected chi connectivity index (χ1v) is 13.6. The Kier molecular flexibility index (Phi) is 7.47. The molecule has 0 radical (unpaired) electrons. The topological polar surface area (TPSA) is 142 Å². The van der Waals surface area contributed by atoms with Crippen molar-refractivity contribution in [1.29, 1.82) is 5.26 Å². The molecule has 4 N–H and O–H groups in total. The Morgan fingerprint density at radius 1 is 0.762 bits per heavy atom. The van der Waals surface area contributed by atoms with Crippen LogP contribution in [0.3, 0.4) is 0 Å². The van der Waals surface area contributed by atoms with Crippen LogP contribution in [0.4, 0.5) is 5.69 Å². The van der Waals surface area contributed by atoms with Crippen LogP contribution < -0.4 is 4.90 Å². The molecule has 0 amide bonds. The van der Waals surface area contributed by atoms with Gasteiger partial charge in [0.15, 0.2) is 5.78 Å². The molecule has 2 aromatic heterocycles. The lowest BCUT2D eigenvalue weighted by Crippen LogP contribution is -2.29. The van der Waals surface area contributed by atoms with Gasteiger partial charge in [0, 0.05) is 41.9 Å². The Balaban J connectivity index is 1.18. The number of hydrogen-bond donors (Lipinski definition) is 4. The van der Waals surface area contributed by atoms with Crippen molar-refractivity contribution in [2.75, 3.05) is 31.2 Å². The number of ketones is 1. The van der Waals surface area contributed by atoms with E-state index in [9.17, 15) is 15.0 Å². The third-order valence-electron chi connectivity index (χ3n) is 7.25. The van der Waals surface area contributed by atoms with E-state index < -0.39 is 0 Å². The number of aliphatic hydroxyl groups is 2. The number of carbonyl (C=O) groups is 1. The maximum absolute atomic E-state index is 13.2. The maximum atomic E-state index is 13.2. The summed E-state index contributed by atoms with van der Waals surface area (Å²) in [4.78, 5) is 31.2. The Bertz CT molecular complexity index is 1910. The maximum Gasteiger partial charge on any atom is 0.167 e. The number of nitrogens with zero attached hydrogens (tertiary/aromatic N) is 4. The van der Waals surface area contributed by atoms with Crippen LogP contribution in [-0.4, -0.2) is 62.2 Å². The minimum atomic E-state index is -0.00329. The van der Waals surface area contributed by atoms with Gasteiger partial charge in [-0.2, -0.15) is 5.26 Å². The van der Waals surface area contributed by atoms with Gasteiger partial charge in [0.1, 0.15) is 11.6 Å². The van der Waals surface area contributed by atoms with Crippen LogP contribution in [0.5, 0.6) is 0 Å². The number of rotatable bonds is 10. The summed E-state index contributed by atoms with van der Waals surface area (Å²) in [6.45, 7) is 0.892. The number of benzene rings is 4. The zero-order valence-corrected chi connectivity index (χ0v) is 22.7. The number of fused-ring (bicyclic) bond motifs is 2. The average Bonchev–Trinajstić information content (AvgIpc) is 3.65. The van der Waals surface area contributed by atoms with E-state index in [0.717, 1.165) is 44.4 Å². The molecule has 208 valence electrons. The quantitative estimate of drug-likeness (QED) is 0.177. The predicted molar refractivity (Wildman–Crippen MR) is 162 cm³/mol. The lowest BCUT2D eigenvalue weighted by molar-refractivity contribution is 0.0993. The summed E-state index contributed by atoms with van der Waals surface area (Å²) in [6.07, 6.45) is 0.243. The second kappa shape index (κ2) is 11.7. The number of aliphatic hydroxyl groups excluding tert-OH is 2. The summed E-state index contributed by atoms with van der Waals surface area (Å²) in [5, 5.41) is 27.6. The molecular weight excluding hydrogens is 528 g/mol. The van der Waals surface area contributed by atoms with Crippen LogP contribution in [0.1, 0.15) is 21.5 Å². The van der Waals surface area contributed by atoms with Gasteiger partial charge in [-0.25, -0.2) is 9.97 Å². The summed E-state index contributed by atoms with van der Waals surface area (Å²) < 4.78 is 0. The SMILES string of the molecule is N#Cc1ccc(-c2nc3ccc(CC(=O)c4ccc5nc(-c6ccc(N(CCO)CCO)cc6)[nH]c5c4)cc3[nH]2)cc1. The Morgan fingerprint density at radius 3 is 1.93 bits per heavy atom. The lowest BCUT2D eigenvalue weighted by Gasteiger charge is -2.22. The number of Topliss-reactive ketones (excluding diaryl/α,β-unsaturated/α-hetero) is 1. The molecule has 0 atom stereocenters. The zero-order valence-electron chi connectivity index (χ0n) is 22.7. The predicted octanol–water partition coefficient (Wildman–Crippen LogP) is 4.86. The molecule has 42 heavy (non-hydrogen) atoms. The fourth-order valence-electron chi connectivity index (χ4n) is 5.05. The molecule has 6 rings (SSSR count). The van der Waals surface area contributed by atoms with Gasteiger partial charge in [0.25, 0.3) is 0 Å². The first-order valence-electron chi connectivity index (χ1n) is 13.6. The second-order valence-electron chi connectivity index (χ2n) is 10.0. The highest BCUT2D eigenvalue weighted by molar-refractivity contribution is 6.00. The number of H-pyrrole nitrogens is 2. The summed E-state index contributed by atoms with van der Waals surface area (Å²) in [5.41, 5.74) is 7.94. The van der Waals surface area contributed by atoms with E-state index in [2.05, 4.69) is 21.0 Å². The van der Waals surface area contributed by atoms with E-state index >= 15 is 0 Å². The van der Waals surface area contributed by atoms with Crippen LogP contribution >= 0.6 is 0 Å². The largest absolute Gasteiger partial charge is 0.395 e. The van der Waals surface area contributed by atoms with Gasteiger partial charge in [0.2, 0.25) is 0 Å². The summed E-state index contributed by atoms with van der Waals surface area (Å²) in [5.74, 6) is 1.40. The number of nitriles is 1. The average molecular weight is 557 g/mol. The van der Waals surface area contributed by atoms with Crippen LogP contribution in [0.2, 0.25) is 0 Å². The number of carbonyl (C=O) groups excluding carboxylic acids is 1. The fraction of sp³-hybridized carbons (Fsp3) is 0.152. The van der Waals surface area contributed by atoms with Crippen molar-refractivity contribution >= 4 is 33.5 Å². The van der Waals surface area contributed by atoms with Crippen molar-refractivity contribution in [1.82, 2.24) is 19.9 Å². The zero-order chi connectivity index (χ0) is 29.1. The van der Waals surface area contributed by atoms with Gasteiger partial charge in [-0.3, -0.25) is 4.79 Å². The molecule has 4 aromatic carbocycles. The summed E-state index contributed by atoms with van der Waals surface area (Å²) >= 11 is 0. The summed E-state index contributed by atoms with van der Waals surface area (Å²) in [7, 11) is 0. The smallest absolute Gasteiger partial charge is 0.167 e. The van der Waals surface area contributed by atoms with Crippen molar-refractivity contribution in [2.24, 2.45) is 0 Å². The van der Waals surface area contributed by atoms with Gasteiger partial charge in [-0.15, -0.1) is 0 Å². The molecule has 0 fully saturated rings. The Morgan fingerprint density at radius 2 is 1.33 bits per heavy atom. The molecule has 9 nitrogen and oxygen atoms in total. The van der Waals surface area contributed by atoms with Crippen molar-refractivity contribution in [3.05, 3.63) is 102 Å². The molecule has 9 heteroatoms. The van der Waals surface area contributed by atoms with E-state index in [-0.39, 0.29) is 25.4 Å². The number of aromatic nitrogens is 4. The van der Waals surface area contributed by atoms with Crippen LogP contribution in [0, 0.1) is 11.3 Å². The number of hydrogen-bond acceptors (Lipinski definition) is 7. The normalized spacial score (nSPS) is 11.2. The number of imidazole rings is 2. The van der Waals surface area contributed by atoms with Crippen molar-refractivity contribution in [3.8, 4) is 28.8 Å². The molecular formula is C33H28N6O3. The molecule has 0 aliphatic heterocycles. The van der Waals surface area contributed by atoms with E-state index in [0.29, 0.717) is 35.9 Å². The first kappa shape index (κ1) is 26.9. The van der Waals surface area contributed by atoms with Crippen molar-refractivity contribution in [2.45, 2.75) is 6.42 Å². The van der Waals surface area contributed by atoms with Gasteiger partial charge < -0.3 is 25.1 Å². The molecule has 0 aliphatic carbocycles. The van der Waals surface area contributed by atoms with Gasteiger partial charge >= 0.3 is 0 Å². The highest BCUT2D eigenvalue weighted by Gasteiger charge is 2.13. The van der Waals surface area contributed by atoms with E-state index in [1.165, 1.54) is 0 Å². The number of aromatic amines is 2. The first-order chi connectivity index (χ1) is 20.5. The van der Waals surface area contributed by atoms with Crippen molar-refractivity contribution in [3.63, 3.8) is 0 Å². The molecule has 2 heterocycles. The molecule has 0 saturated heterocycles.